The number of aryl methyl sites for hydroxylation is 2. The molecule has 5 heteroatoms. The van der Waals surface area contributed by atoms with Crippen molar-refractivity contribution in [2.75, 3.05) is 32.8 Å². The van der Waals surface area contributed by atoms with Gasteiger partial charge >= 0.3 is 0 Å². The minimum Gasteiger partial charge on any atom is -0.485 e. The van der Waals surface area contributed by atoms with Crippen LogP contribution in [0, 0.1) is 13.8 Å². The zero-order valence-corrected chi connectivity index (χ0v) is 11.9. The number of nitrogens with zero attached hydrogens (tertiary/aromatic N) is 1. The molecule has 108 valence electrons. The molecule has 1 unspecified atom stereocenters. The van der Waals surface area contributed by atoms with Gasteiger partial charge in [-0.2, -0.15) is 0 Å². The Hall–Kier alpha value is -1.75. The summed E-state index contributed by atoms with van der Waals surface area (Å²) < 4.78 is 11.5. The molecule has 2 aliphatic rings. The lowest BCUT2D eigenvalue weighted by Gasteiger charge is -2.33. The summed E-state index contributed by atoms with van der Waals surface area (Å²) in [6.07, 6.45) is -0.525. The highest BCUT2D eigenvalue weighted by Crippen LogP contribution is 2.34. The number of carbonyl (C=O) groups excluding carboxylic acids is 1. The highest BCUT2D eigenvalue weighted by Gasteiger charge is 2.31. The van der Waals surface area contributed by atoms with Crippen LogP contribution < -0.4 is 14.8 Å². The van der Waals surface area contributed by atoms with Gasteiger partial charge in [0, 0.05) is 26.2 Å². The van der Waals surface area contributed by atoms with E-state index < -0.39 is 6.10 Å². The van der Waals surface area contributed by atoms with Crippen LogP contribution >= 0.6 is 0 Å². The van der Waals surface area contributed by atoms with Crippen molar-refractivity contribution < 1.29 is 14.3 Å². The Kier molecular flexibility index (Phi) is 3.53. The smallest absolute Gasteiger partial charge is 0.267 e. The van der Waals surface area contributed by atoms with Gasteiger partial charge in [0.1, 0.15) is 6.61 Å². The topological polar surface area (TPSA) is 50.8 Å². The van der Waals surface area contributed by atoms with E-state index in [1.165, 1.54) is 5.56 Å². The molecule has 0 saturated carbocycles. The van der Waals surface area contributed by atoms with E-state index in [4.69, 9.17) is 9.47 Å². The Morgan fingerprint density at radius 1 is 1.20 bits per heavy atom. The first-order valence-electron chi connectivity index (χ1n) is 7.05. The number of amides is 1. The Bertz CT molecular complexity index is 524. The third-order valence-corrected chi connectivity index (χ3v) is 3.92. The van der Waals surface area contributed by atoms with Crippen LogP contribution in [0.2, 0.25) is 0 Å². The lowest BCUT2D eigenvalue weighted by atomic mass is 10.1. The molecule has 1 N–H and O–H groups in total. The van der Waals surface area contributed by atoms with E-state index in [2.05, 4.69) is 5.32 Å². The number of ether oxygens (including phenoxy) is 2. The number of hydrogen-bond acceptors (Lipinski definition) is 4. The number of nitrogens with one attached hydrogen (secondary N) is 1. The fourth-order valence-electron chi connectivity index (χ4n) is 2.53. The molecule has 1 aromatic rings. The average molecular weight is 276 g/mol. The highest BCUT2D eigenvalue weighted by molar-refractivity contribution is 5.82. The number of piperazine rings is 1. The van der Waals surface area contributed by atoms with Crippen LogP contribution in [-0.2, 0) is 4.79 Å². The van der Waals surface area contributed by atoms with Gasteiger partial charge in [-0.3, -0.25) is 4.79 Å². The van der Waals surface area contributed by atoms with Gasteiger partial charge < -0.3 is 19.7 Å². The van der Waals surface area contributed by atoms with Crippen LogP contribution in [-0.4, -0.2) is 49.7 Å². The highest BCUT2D eigenvalue weighted by atomic mass is 16.6. The zero-order chi connectivity index (χ0) is 14.1. The van der Waals surface area contributed by atoms with Crippen molar-refractivity contribution in [3.63, 3.8) is 0 Å². The van der Waals surface area contributed by atoms with Crippen molar-refractivity contribution in [3.8, 4) is 11.5 Å². The van der Waals surface area contributed by atoms with Crippen LogP contribution in [0.15, 0.2) is 12.1 Å². The van der Waals surface area contributed by atoms with Gasteiger partial charge in [-0.05, 0) is 37.1 Å². The Balaban J connectivity index is 1.74. The van der Waals surface area contributed by atoms with Gasteiger partial charge in [0.25, 0.3) is 5.91 Å². The summed E-state index contributed by atoms with van der Waals surface area (Å²) in [4.78, 5) is 14.3. The summed E-state index contributed by atoms with van der Waals surface area (Å²) in [5.41, 5.74) is 2.31. The quantitative estimate of drug-likeness (QED) is 0.827. The van der Waals surface area contributed by atoms with Gasteiger partial charge in [-0.25, -0.2) is 0 Å². The molecule has 1 aromatic carbocycles. The predicted molar refractivity (Wildman–Crippen MR) is 75.3 cm³/mol. The number of benzene rings is 1. The molecule has 0 spiro atoms. The second-order valence-electron chi connectivity index (χ2n) is 5.38. The van der Waals surface area contributed by atoms with E-state index in [9.17, 15) is 4.79 Å². The summed E-state index contributed by atoms with van der Waals surface area (Å²) in [5.74, 6) is 1.43. The minimum atomic E-state index is -0.525. The van der Waals surface area contributed by atoms with Crippen molar-refractivity contribution in [1.82, 2.24) is 10.2 Å². The first-order valence-corrected chi connectivity index (χ1v) is 7.05. The lowest BCUT2D eigenvalue weighted by molar-refractivity contribution is -0.141. The SMILES string of the molecule is Cc1cc2c(cc1C)OC(C(=O)N1CCNCC1)CO2. The van der Waals surface area contributed by atoms with Crippen molar-refractivity contribution in [2.24, 2.45) is 0 Å². The fourth-order valence-corrected chi connectivity index (χ4v) is 2.53. The Morgan fingerprint density at radius 2 is 1.85 bits per heavy atom. The summed E-state index contributed by atoms with van der Waals surface area (Å²) in [6.45, 7) is 7.51. The molecular weight excluding hydrogens is 256 g/mol. The van der Waals surface area contributed by atoms with Crippen LogP contribution in [0.3, 0.4) is 0 Å². The van der Waals surface area contributed by atoms with Gasteiger partial charge in [0.15, 0.2) is 11.5 Å². The van der Waals surface area contributed by atoms with E-state index in [-0.39, 0.29) is 12.5 Å². The first-order chi connectivity index (χ1) is 9.65. The van der Waals surface area contributed by atoms with E-state index in [1.807, 2.05) is 30.9 Å². The largest absolute Gasteiger partial charge is 0.485 e. The molecule has 1 atom stereocenters. The molecule has 5 nitrogen and oxygen atoms in total. The van der Waals surface area contributed by atoms with Crippen LogP contribution in [0.5, 0.6) is 11.5 Å². The zero-order valence-electron chi connectivity index (χ0n) is 11.9. The summed E-state index contributed by atoms with van der Waals surface area (Å²) in [7, 11) is 0. The van der Waals surface area contributed by atoms with Crippen molar-refractivity contribution in [1.29, 1.82) is 0 Å². The third kappa shape index (κ3) is 2.45. The van der Waals surface area contributed by atoms with E-state index in [1.54, 1.807) is 0 Å². The molecule has 3 rings (SSSR count). The van der Waals surface area contributed by atoms with Gasteiger partial charge in [-0.1, -0.05) is 0 Å². The van der Waals surface area contributed by atoms with Crippen LogP contribution in [0.4, 0.5) is 0 Å². The summed E-state index contributed by atoms with van der Waals surface area (Å²) >= 11 is 0. The number of rotatable bonds is 1. The fraction of sp³-hybridized carbons (Fsp3) is 0.533. The Morgan fingerprint density at radius 3 is 2.55 bits per heavy atom. The standard InChI is InChI=1S/C15H20N2O3/c1-10-7-12-13(8-11(10)2)20-14(9-19-12)15(18)17-5-3-16-4-6-17/h7-8,14,16H,3-6,9H2,1-2H3. The normalized spacial score (nSPS) is 21.7. The lowest BCUT2D eigenvalue weighted by Crippen LogP contribution is -2.53. The van der Waals surface area contributed by atoms with Crippen molar-refractivity contribution >= 4 is 5.91 Å². The second-order valence-corrected chi connectivity index (χ2v) is 5.38. The molecule has 0 bridgehead atoms. The van der Waals surface area contributed by atoms with E-state index in [0.29, 0.717) is 5.75 Å². The molecule has 1 amide bonds. The third-order valence-electron chi connectivity index (χ3n) is 3.92. The first kappa shape index (κ1) is 13.2. The maximum absolute atomic E-state index is 12.4. The molecule has 1 saturated heterocycles. The number of carbonyl (C=O) groups is 1. The molecule has 0 radical (unpaired) electrons. The predicted octanol–water partition coefficient (Wildman–Crippen LogP) is 0.875. The van der Waals surface area contributed by atoms with E-state index in [0.717, 1.165) is 37.5 Å². The van der Waals surface area contributed by atoms with Crippen LogP contribution in [0.25, 0.3) is 0 Å². The van der Waals surface area contributed by atoms with E-state index >= 15 is 0 Å². The van der Waals surface area contributed by atoms with Gasteiger partial charge in [0.2, 0.25) is 6.10 Å². The molecule has 2 aliphatic heterocycles. The average Bonchev–Trinajstić information content (AvgIpc) is 2.48. The van der Waals surface area contributed by atoms with Crippen molar-refractivity contribution in [2.45, 2.75) is 20.0 Å². The molecule has 1 fully saturated rings. The second kappa shape index (κ2) is 5.32. The molecule has 20 heavy (non-hydrogen) atoms. The monoisotopic (exact) mass is 276 g/mol. The van der Waals surface area contributed by atoms with Gasteiger partial charge in [-0.15, -0.1) is 0 Å². The summed E-state index contributed by atoms with van der Waals surface area (Å²) in [5, 5.41) is 3.24. The molecule has 0 aliphatic carbocycles. The number of fused-ring (bicyclic) bond motifs is 1. The van der Waals surface area contributed by atoms with Crippen LogP contribution in [0.1, 0.15) is 11.1 Å². The maximum atomic E-state index is 12.4. The van der Waals surface area contributed by atoms with Crippen molar-refractivity contribution in [3.05, 3.63) is 23.3 Å². The molecular formula is C15H20N2O3. The molecule has 0 aromatic heterocycles. The Labute approximate surface area is 118 Å². The minimum absolute atomic E-state index is 0.0235. The maximum Gasteiger partial charge on any atom is 0.267 e. The van der Waals surface area contributed by atoms with Gasteiger partial charge in [0.05, 0.1) is 0 Å². The molecule has 2 heterocycles. The summed E-state index contributed by atoms with van der Waals surface area (Å²) in [6, 6.07) is 3.91. The number of hydrogen-bond donors (Lipinski definition) is 1.